The quantitative estimate of drug-likeness (QED) is 0.396. The number of nitrogens with zero attached hydrogens (tertiary/aromatic N) is 5. The molecule has 2 fully saturated rings. The molecule has 0 bridgehead atoms. The lowest BCUT2D eigenvalue weighted by molar-refractivity contribution is -0.140. The largest absolute Gasteiger partial charge is 0.417 e. The van der Waals surface area contributed by atoms with E-state index in [-0.39, 0.29) is 31.1 Å². The number of ether oxygens (including phenoxy) is 1. The summed E-state index contributed by atoms with van der Waals surface area (Å²) in [6.07, 6.45) is 3.40. The van der Waals surface area contributed by atoms with Gasteiger partial charge in [-0.15, -0.1) is 0 Å². The van der Waals surface area contributed by atoms with Gasteiger partial charge in [-0.1, -0.05) is 12.1 Å². The summed E-state index contributed by atoms with van der Waals surface area (Å²) in [7, 11) is -4.54. The molecule has 0 N–H and O–H groups in total. The van der Waals surface area contributed by atoms with Crippen molar-refractivity contribution in [2.24, 2.45) is 5.41 Å². The van der Waals surface area contributed by atoms with Crippen LogP contribution >= 0.6 is 0 Å². The molecule has 6 rings (SSSR count). The number of likely N-dealkylation sites (tertiary alicyclic amines) is 1. The molecule has 230 valence electrons. The molecule has 0 radical (unpaired) electrons. The molecule has 3 aromatic rings. The SMILES string of the molecule is O=C(COCC1c2cccn2CCN1S(=O)(=O)c1ccccc1C(F)(F)F)N1CCC2(CC1)CCN(c1ccncc1)C2. The van der Waals surface area contributed by atoms with Gasteiger partial charge in [0.25, 0.3) is 0 Å². The third-order valence-electron chi connectivity index (χ3n) is 9.04. The van der Waals surface area contributed by atoms with E-state index in [1.807, 2.05) is 16.7 Å². The Bertz CT molecular complexity index is 1550. The summed E-state index contributed by atoms with van der Waals surface area (Å²) in [6.45, 7) is 3.01. The zero-order valence-corrected chi connectivity index (χ0v) is 24.4. The van der Waals surface area contributed by atoms with Crippen molar-refractivity contribution in [2.45, 2.75) is 42.9 Å². The lowest BCUT2D eigenvalue weighted by atomic mass is 9.78. The van der Waals surface area contributed by atoms with Crippen LogP contribution in [0.5, 0.6) is 0 Å². The fourth-order valence-electron chi connectivity index (χ4n) is 6.65. The second kappa shape index (κ2) is 11.6. The van der Waals surface area contributed by atoms with Crippen molar-refractivity contribution in [2.75, 3.05) is 50.8 Å². The van der Waals surface area contributed by atoms with E-state index in [0.29, 0.717) is 25.3 Å². The number of rotatable bonds is 7. The summed E-state index contributed by atoms with van der Waals surface area (Å²) < 4.78 is 77.3. The van der Waals surface area contributed by atoms with Gasteiger partial charge in [0.1, 0.15) is 6.61 Å². The second-order valence-corrected chi connectivity index (χ2v) is 13.4. The van der Waals surface area contributed by atoms with Gasteiger partial charge in [-0.05, 0) is 61.1 Å². The maximum absolute atomic E-state index is 13.7. The molecular formula is C30H34F3N5O4S. The standard InChI is InChI=1S/C30H34F3N5O4S/c31-30(32,33)24-4-1-2-6-27(24)43(40,41)38-19-18-35-14-3-5-25(35)26(38)20-42-21-28(39)36-15-9-29(10-16-36)11-17-37(22-29)23-7-12-34-13-8-23/h1-8,12-14,26H,9-11,15-22H2. The molecule has 9 nitrogen and oxygen atoms in total. The molecule has 1 aromatic carbocycles. The Balaban J connectivity index is 1.09. The highest BCUT2D eigenvalue weighted by molar-refractivity contribution is 7.89. The van der Waals surface area contributed by atoms with Crippen LogP contribution < -0.4 is 4.90 Å². The fourth-order valence-corrected chi connectivity index (χ4v) is 8.44. The number of carbonyl (C=O) groups is 1. The van der Waals surface area contributed by atoms with Crippen LogP contribution in [-0.4, -0.2) is 79.0 Å². The number of piperidine rings is 1. The number of alkyl halides is 3. The van der Waals surface area contributed by atoms with Gasteiger partial charge in [0.2, 0.25) is 15.9 Å². The Labute approximate surface area is 248 Å². The van der Waals surface area contributed by atoms with Gasteiger partial charge in [0.15, 0.2) is 0 Å². The minimum absolute atomic E-state index is 0.0249. The Hall–Kier alpha value is -3.42. The fraction of sp³-hybridized carbons (Fsp3) is 0.467. The highest BCUT2D eigenvalue weighted by atomic mass is 32.2. The second-order valence-electron chi connectivity index (χ2n) is 11.5. The van der Waals surface area contributed by atoms with Crippen molar-refractivity contribution in [3.05, 3.63) is 78.4 Å². The van der Waals surface area contributed by atoms with E-state index in [9.17, 15) is 26.4 Å². The number of aromatic nitrogens is 2. The number of fused-ring (bicyclic) bond motifs is 1. The van der Waals surface area contributed by atoms with Gasteiger partial charge in [-0.3, -0.25) is 9.78 Å². The van der Waals surface area contributed by atoms with E-state index in [1.165, 1.54) is 12.1 Å². The van der Waals surface area contributed by atoms with Crippen LogP contribution in [-0.2, 0) is 32.3 Å². The number of carbonyl (C=O) groups excluding carboxylic acids is 1. The Kier molecular flexibility index (Phi) is 7.99. The molecule has 1 amide bonds. The Morgan fingerprint density at radius 1 is 0.953 bits per heavy atom. The van der Waals surface area contributed by atoms with Gasteiger partial charge in [-0.25, -0.2) is 8.42 Å². The van der Waals surface area contributed by atoms with Crippen molar-refractivity contribution < 1.29 is 31.1 Å². The summed E-state index contributed by atoms with van der Waals surface area (Å²) in [5.74, 6) is -0.179. The van der Waals surface area contributed by atoms with Crippen molar-refractivity contribution in [3.63, 3.8) is 0 Å². The number of halogens is 3. The maximum atomic E-state index is 13.7. The van der Waals surface area contributed by atoms with Crippen LogP contribution in [0.15, 0.2) is 72.0 Å². The Morgan fingerprint density at radius 2 is 1.67 bits per heavy atom. The Morgan fingerprint density at radius 3 is 2.42 bits per heavy atom. The van der Waals surface area contributed by atoms with Crippen molar-refractivity contribution >= 4 is 21.6 Å². The predicted octanol–water partition coefficient (Wildman–Crippen LogP) is 4.18. The van der Waals surface area contributed by atoms with Crippen LogP contribution in [0, 0.1) is 5.41 Å². The molecule has 0 aliphatic carbocycles. The molecule has 2 saturated heterocycles. The van der Waals surface area contributed by atoms with E-state index in [2.05, 4.69) is 9.88 Å². The number of amides is 1. The highest BCUT2D eigenvalue weighted by Gasteiger charge is 2.44. The molecule has 1 atom stereocenters. The van der Waals surface area contributed by atoms with Crippen LogP contribution in [0.4, 0.5) is 18.9 Å². The number of hydrogen-bond acceptors (Lipinski definition) is 6. The first-order valence-corrected chi connectivity index (χ1v) is 15.9. The van der Waals surface area contributed by atoms with Gasteiger partial charge in [0, 0.05) is 69.2 Å². The third-order valence-corrected chi connectivity index (χ3v) is 11.0. The summed E-state index contributed by atoms with van der Waals surface area (Å²) in [6, 6.07) is 10.8. The van der Waals surface area contributed by atoms with E-state index in [4.69, 9.17) is 4.74 Å². The van der Waals surface area contributed by atoms with Crippen molar-refractivity contribution in [1.29, 1.82) is 0 Å². The van der Waals surface area contributed by atoms with E-state index in [1.54, 1.807) is 35.6 Å². The van der Waals surface area contributed by atoms with Crippen LogP contribution in [0.1, 0.15) is 36.6 Å². The predicted molar refractivity (Wildman–Crippen MR) is 153 cm³/mol. The lowest BCUT2D eigenvalue weighted by Gasteiger charge is -2.39. The van der Waals surface area contributed by atoms with Crippen LogP contribution in [0.2, 0.25) is 0 Å². The molecule has 13 heteroatoms. The summed E-state index contributed by atoms with van der Waals surface area (Å²) in [5, 5.41) is 0. The number of anilines is 1. The molecular weight excluding hydrogens is 583 g/mol. The molecule has 0 saturated carbocycles. The zero-order valence-electron chi connectivity index (χ0n) is 23.6. The molecule has 2 aromatic heterocycles. The van der Waals surface area contributed by atoms with Crippen LogP contribution in [0.25, 0.3) is 0 Å². The van der Waals surface area contributed by atoms with Gasteiger partial charge in [-0.2, -0.15) is 17.5 Å². The van der Waals surface area contributed by atoms with E-state index < -0.39 is 32.7 Å². The summed E-state index contributed by atoms with van der Waals surface area (Å²) in [4.78, 5) is 20.6. The first-order valence-electron chi connectivity index (χ1n) is 14.4. The smallest absolute Gasteiger partial charge is 0.371 e. The lowest BCUT2D eigenvalue weighted by Crippen LogP contribution is -2.46. The average Bonchev–Trinajstić information content (AvgIpc) is 3.65. The van der Waals surface area contributed by atoms with Crippen LogP contribution in [0.3, 0.4) is 0 Å². The number of benzene rings is 1. The topological polar surface area (TPSA) is 88.0 Å². The van der Waals surface area contributed by atoms with Crippen molar-refractivity contribution in [1.82, 2.24) is 18.8 Å². The van der Waals surface area contributed by atoms with Gasteiger partial charge >= 0.3 is 6.18 Å². The highest BCUT2D eigenvalue weighted by Crippen LogP contribution is 2.42. The molecule has 1 unspecified atom stereocenters. The first-order chi connectivity index (χ1) is 20.6. The minimum Gasteiger partial charge on any atom is -0.371 e. The molecule has 1 spiro atoms. The van der Waals surface area contributed by atoms with E-state index in [0.717, 1.165) is 54.5 Å². The number of hydrogen-bond donors (Lipinski definition) is 0. The van der Waals surface area contributed by atoms with Gasteiger partial charge < -0.3 is 19.1 Å². The summed E-state index contributed by atoms with van der Waals surface area (Å²) in [5.41, 5.74) is 0.716. The van der Waals surface area contributed by atoms with Gasteiger partial charge in [0.05, 0.1) is 23.1 Å². The monoisotopic (exact) mass is 617 g/mol. The zero-order chi connectivity index (χ0) is 30.2. The number of pyridine rings is 1. The maximum Gasteiger partial charge on any atom is 0.417 e. The molecule has 3 aliphatic rings. The first kappa shape index (κ1) is 29.6. The average molecular weight is 618 g/mol. The van der Waals surface area contributed by atoms with Crippen molar-refractivity contribution in [3.8, 4) is 0 Å². The van der Waals surface area contributed by atoms with E-state index >= 15 is 0 Å². The molecule has 43 heavy (non-hydrogen) atoms. The number of sulfonamides is 1. The normalized spacial score (nSPS) is 20.9. The minimum atomic E-state index is -4.83. The summed E-state index contributed by atoms with van der Waals surface area (Å²) >= 11 is 0. The molecule has 3 aliphatic heterocycles. The molecule has 5 heterocycles. The third kappa shape index (κ3) is 5.89.